The van der Waals surface area contributed by atoms with E-state index in [4.69, 9.17) is 9.15 Å². The van der Waals surface area contributed by atoms with Crippen molar-refractivity contribution in [1.82, 2.24) is 0 Å². The van der Waals surface area contributed by atoms with E-state index >= 15 is 0 Å². The number of hydrogen-bond acceptors (Lipinski definition) is 4. The van der Waals surface area contributed by atoms with Gasteiger partial charge in [0, 0.05) is 16.1 Å². The summed E-state index contributed by atoms with van der Waals surface area (Å²) < 4.78 is 11.5. The Kier molecular flexibility index (Phi) is 5.52. The molecular formula is C15H10Br2O4. The zero-order valence-electron chi connectivity index (χ0n) is 10.7. The van der Waals surface area contributed by atoms with Gasteiger partial charge in [-0.3, -0.25) is 4.79 Å². The summed E-state index contributed by atoms with van der Waals surface area (Å²) in [5.41, 5.74) is 0.491. The Balaban J connectivity index is 1.85. The fourth-order valence-corrected chi connectivity index (χ4v) is 2.06. The summed E-state index contributed by atoms with van der Waals surface area (Å²) >= 11 is 6.44. The minimum atomic E-state index is -0.604. The molecule has 1 aromatic heterocycles. The number of rotatable bonds is 5. The van der Waals surface area contributed by atoms with Gasteiger partial charge in [-0.05, 0) is 46.3 Å². The van der Waals surface area contributed by atoms with Crippen molar-refractivity contribution in [3.63, 3.8) is 0 Å². The second-order valence-electron chi connectivity index (χ2n) is 4.01. The molecule has 4 nitrogen and oxygen atoms in total. The van der Waals surface area contributed by atoms with Crippen molar-refractivity contribution < 1.29 is 18.7 Å². The van der Waals surface area contributed by atoms with Crippen LogP contribution in [0.3, 0.4) is 0 Å². The molecule has 21 heavy (non-hydrogen) atoms. The van der Waals surface area contributed by atoms with E-state index in [0.29, 0.717) is 16.0 Å². The fraction of sp³-hybridized carbons (Fsp3) is 0.0667. The molecule has 0 aliphatic rings. The SMILES string of the molecule is O=C(/C=C/c1ccc(Br)o1)OCC(=O)c1ccc(Br)cc1. The van der Waals surface area contributed by atoms with Crippen molar-refractivity contribution in [1.29, 1.82) is 0 Å². The lowest BCUT2D eigenvalue weighted by atomic mass is 10.1. The second-order valence-corrected chi connectivity index (χ2v) is 5.71. The predicted molar refractivity (Wildman–Crippen MR) is 84.9 cm³/mol. The summed E-state index contributed by atoms with van der Waals surface area (Å²) in [7, 11) is 0. The molecule has 0 aliphatic carbocycles. The first-order valence-corrected chi connectivity index (χ1v) is 7.52. The van der Waals surface area contributed by atoms with E-state index in [0.717, 1.165) is 4.47 Å². The molecule has 1 aromatic carbocycles. The van der Waals surface area contributed by atoms with Crippen LogP contribution in [0.1, 0.15) is 16.1 Å². The number of hydrogen-bond donors (Lipinski definition) is 0. The van der Waals surface area contributed by atoms with Crippen LogP contribution >= 0.6 is 31.9 Å². The van der Waals surface area contributed by atoms with Gasteiger partial charge >= 0.3 is 5.97 Å². The standard InChI is InChI=1S/C15H10Br2O4/c16-11-3-1-10(2-4-11)13(18)9-20-15(19)8-6-12-5-7-14(17)21-12/h1-8H,9H2/b8-6+. The summed E-state index contributed by atoms with van der Waals surface area (Å²) in [6, 6.07) is 10.2. The Bertz CT molecular complexity index is 671. The van der Waals surface area contributed by atoms with E-state index < -0.39 is 5.97 Å². The third-order valence-electron chi connectivity index (χ3n) is 2.49. The lowest BCUT2D eigenvalue weighted by molar-refractivity contribution is -0.136. The van der Waals surface area contributed by atoms with Crippen LogP contribution in [0.2, 0.25) is 0 Å². The van der Waals surface area contributed by atoms with E-state index in [1.807, 2.05) is 0 Å². The van der Waals surface area contributed by atoms with Gasteiger partial charge in [0.2, 0.25) is 0 Å². The predicted octanol–water partition coefficient (Wildman–Crippen LogP) is 4.24. The molecule has 2 rings (SSSR count). The molecule has 0 bridgehead atoms. The summed E-state index contributed by atoms with van der Waals surface area (Å²) in [6.07, 6.45) is 2.68. The van der Waals surface area contributed by atoms with Crippen LogP contribution in [0, 0.1) is 0 Å². The van der Waals surface area contributed by atoms with E-state index in [2.05, 4.69) is 31.9 Å². The molecule has 0 fully saturated rings. The molecule has 2 aromatic rings. The molecule has 0 atom stereocenters. The molecule has 6 heteroatoms. The number of carbonyl (C=O) groups is 2. The normalized spacial score (nSPS) is 10.8. The van der Waals surface area contributed by atoms with Crippen LogP contribution in [-0.2, 0) is 9.53 Å². The minimum Gasteiger partial charge on any atom is -0.454 e. The third-order valence-corrected chi connectivity index (χ3v) is 3.44. The van der Waals surface area contributed by atoms with E-state index in [9.17, 15) is 9.59 Å². The van der Waals surface area contributed by atoms with Gasteiger partial charge in [-0.1, -0.05) is 28.1 Å². The topological polar surface area (TPSA) is 56.5 Å². The number of ketones is 1. The van der Waals surface area contributed by atoms with Crippen molar-refractivity contribution in [2.24, 2.45) is 0 Å². The van der Waals surface area contributed by atoms with Gasteiger partial charge in [0.15, 0.2) is 17.1 Å². The first-order valence-electron chi connectivity index (χ1n) is 5.93. The Labute approximate surface area is 138 Å². The molecule has 1 heterocycles. The van der Waals surface area contributed by atoms with E-state index in [-0.39, 0.29) is 12.4 Å². The summed E-state index contributed by atoms with van der Waals surface area (Å²) in [5, 5.41) is 0. The van der Waals surface area contributed by atoms with Crippen LogP contribution in [0.5, 0.6) is 0 Å². The van der Waals surface area contributed by atoms with Gasteiger partial charge in [0.05, 0.1) is 0 Å². The molecule has 0 amide bonds. The maximum Gasteiger partial charge on any atom is 0.331 e. The number of Topliss-reactive ketones (excluding diaryl/α,β-unsaturated/α-hetero) is 1. The first kappa shape index (κ1) is 15.7. The smallest absolute Gasteiger partial charge is 0.331 e. The van der Waals surface area contributed by atoms with Gasteiger partial charge in [0.25, 0.3) is 0 Å². The maximum absolute atomic E-state index is 11.8. The molecule has 0 saturated carbocycles. The molecule has 0 unspecified atom stereocenters. The van der Waals surface area contributed by atoms with Crippen molar-refractivity contribution in [3.05, 3.63) is 62.9 Å². The summed E-state index contributed by atoms with van der Waals surface area (Å²) in [5.74, 6) is -0.351. The first-order chi connectivity index (χ1) is 10.0. The van der Waals surface area contributed by atoms with E-state index in [1.54, 1.807) is 36.4 Å². The number of ether oxygens (including phenoxy) is 1. The molecular weight excluding hydrogens is 404 g/mol. The molecule has 108 valence electrons. The number of esters is 1. The second kappa shape index (κ2) is 7.38. The monoisotopic (exact) mass is 412 g/mol. The Hall–Kier alpha value is -1.66. The molecule has 0 aliphatic heterocycles. The van der Waals surface area contributed by atoms with Gasteiger partial charge in [-0.2, -0.15) is 0 Å². The van der Waals surface area contributed by atoms with Gasteiger partial charge in [-0.15, -0.1) is 0 Å². The zero-order valence-corrected chi connectivity index (χ0v) is 13.9. The Morgan fingerprint density at radius 2 is 1.81 bits per heavy atom. The summed E-state index contributed by atoms with van der Waals surface area (Å²) in [4.78, 5) is 23.3. The molecule has 0 saturated heterocycles. The Morgan fingerprint density at radius 3 is 2.43 bits per heavy atom. The Morgan fingerprint density at radius 1 is 1.10 bits per heavy atom. The maximum atomic E-state index is 11.8. The van der Waals surface area contributed by atoms with Crippen molar-refractivity contribution in [3.8, 4) is 0 Å². The van der Waals surface area contributed by atoms with Gasteiger partial charge in [-0.25, -0.2) is 4.79 Å². The highest BCUT2D eigenvalue weighted by Gasteiger charge is 2.08. The van der Waals surface area contributed by atoms with Gasteiger partial charge in [0.1, 0.15) is 5.76 Å². The van der Waals surface area contributed by atoms with Crippen LogP contribution in [0.25, 0.3) is 6.08 Å². The average Bonchev–Trinajstić information content (AvgIpc) is 2.89. The average molecular weight is 414 g/mol. The minimum absolute atomic E-state index is 0.259. The number of furan rings is 1. The number of benzene rings is 1. The lowest BCUT2D eigenvalue weighted by Crippen LogP contribution is -2.12. The van der Waals surface area contributed by atoms with Crippen LogP contribution in [0.15, 0.2) is 56.0 Å². The van der Waals surface area contributed by atoms with Gasteiger partial charge < -0.3 is 9.15 Å². The van der Waals surface area contributed by atoms with Crippen LogP contribution < -0.4 is 0 Å². The number of halogens is 2. The van der Waals surface area contributed by atoms with E-state index in [1.165, 1.54) is 12.2 Å². The largest absolute Gasteiger partial charge is 0.454 e. The molecule has 0 radical (unpaired) electrons. The molecule has 0 spiro atoms. The van der Waals surface area contributed by atoms with Crippen molar-refractivity contribution in [2.75, 3.05) is 6.61 Å². The third kappa shape index (κ3) is 4.99. The highest BCUT2D eigenvalue weighted by molar-refractivity contribution is 9.10. The lowest BCUT2D eigenvalue weighted by Gasteiger charge is -2.01. The van der Waals surface area contributed by atoms with Crippen molar-refractivity contribution in [2.45, 2.75) is 0 Å². The quantitative estimate of drug-likeness (QED) is 0.417. The highest BCUT2D eigenvalue weighted by atomic mass is 79.9. The van der Waals surface area contributed by atoms with Crippen LogP contribution in [0.4, 0.5) is 0 Å². The summed E-state index contributed by atoms with van der Waals surface area (Å²) in [6.45, 7) is -0.299. The molecule has 0 N–H and O–H groups in total. The fourth-order valence-electron chi connectivity index (χ4n) is 1.47. The highest BCUT2D eigenvalue weighted by Crippen LogP contribution is 2.15. The number of carbonyl (C=O) groups excluding carboxylic acids is 2. The zero-order chi connectivity index (χ0) is 15.2. The van der Waals surface area contributed by atoms with Crippen molar-refractivity contribution >= 4 is 49.7 Å². The van der Waals surface area contributed by atoms with Crippen LogP contribution in [-0.4, -0.2) is 18.4 Å².